The Morgan fingerprint density at radius 1 is 1.67 bits per heavy atom. The lowest BCUT2D eigenvalue weighted by Crippen LogP contribution is -2.46. The lowest BCUT2D eigenvalue weighted by Gasteiger charge is -2.27. The summed E-state index contributed by atoms with van der Waals surface area (Å²) in [6.45, 7) is 0.919. The van der Waals surface area contributed by atoms with E-state index in [1.54, 1.807) is 12.6 Å². The number of rotatable bonds is 3. The van der Waals surface area contributed by atoms with E-state index >= 15 is 0 Å². The highest BCUT2D eigenvalue weighted by Crippen LogP contribution is 2.19. The van der Waals surface area contributed by atoms with Crippen LogP contribution in [-0.2, 0) is 11.3 Å². The minimum atomic E-state index is -0.928. The zero-order valence-electron chi connectivity index (χ0n) is 10.1. The summed E-state index contributed by atoms with van der Waals surface area (Å²) < 4.78 is 0. The number of aromatic nitrogens is 1. The van der Waals surface area contributed by atoms with E-state index in [1.165, 1.54) is 21.1 Å². The molecule has 1 N–H and O–H groups in total. The van der Waals surface area contributed by atoms with Crippen LogP contribution in [0.4, 0.5) is 4.79 Å². The van der Waals surface area contributed by atoms with Crippen molar-refractivity contribution in [3.05, 3.63) is 16.6 Å². The second kappa shape index (κ2) is 5.34. The molecule has 2 rings (SSSR count). The Balaban J connectivity index is 1.99. The summed E-state index contributed by atoms with van der Waals surface area (Å²) in [5.74, 6) is -0.928. The van der Waals surface area contributed by atoms with Crippen molar-refractivity contribution in [1.82, 2.24) is 14.8 Å². The summed E-state index contributed by atoms with van der Waals surface area (Å²) in [5.41, 5.74) is 2.53. The molecule has 1 aliphatic rings. The Kier molecular flexibility index (Phi) is 3.81. The van der Waals surface area contributed by atoms with E-state index in [0.717, 1.165) is 12.1 Å². The predicted molar refractivity (Wildman–Crippen MR) is 66.3 cm³/mol. The van der Waals surface area contributed by atoms with Crippen LogP contribution in [0.25, 0.3) is 0 Å². The number of carboxylic acids is 1. The molecule has 0 spiro atoms. The van der Waals surface area contributed by atoms with Crippen LogP contribution in [0.5, 0.6) is 0 Å². The van der Waals surface area contributed by atoms with Crippen LogP contribution in [0.1, 0.15) is 18.5 Å². The maximum atomic E-state index is 12.2. The third-order valence-electron chi connectivity index (χ3n) is 2.99. The van der Waals surface area contributed by atoms with Crippen molar-refractivity contribution in [2.45, 2.75) is 25.4 Å². The number of amides is 2. The molecule has 1 saturated heterocycles. The van der Waals surface area contributed by atoms with E-state index in [9.17, 15) is 9.59 Å². The molecule has 18 heavy (non-hydrogen) atoms. The smallest absolute Gasteiger partial charge is 0.326 e. The predicted octanol–water partition coefficient (Wildman–Crippen LogP) is 1.24. The van der Waals surface area contributed by atoms with Gasteiger partial charge in [-0.2, -0.15) is 0 Å². The van der Waals surface area contributed by atoms with Gasteiger partial charge in [-0.15, -0.1) is 11.3 Å². The molecule has 1 fully saturated rings. The highest BCUT2D eigenvalue weighted by atomic mass is 32.1. The highest BCUT2D eigenvalue weighted by molar-refractivity contribution is 7.07. The Bertz CT molecular complexity index is 435. The summed E-state index contributed by atoms with van der Waals surface area (Å²) in [4.78, 5) is 30.2. The maximum absolute atomic E-state index is 12.2. The third kappa shape index (κ3) is 2.61. The van der Waals surface area contributed by atoms with Crippen molar-refractivity contribution in [2.75, 3.05) is 13.6 Å². The van der Waals surface area contributed by atoms with E-state index in [4.69, 9.17) is 5.11 Å². The zero-order chi connectivity index (χ0) is 13.1. The quantitative estimate of drug-likeness (QED) is 0.896. The van der Waals surface area contributed by atoms with Crippen molar-refractivity contribution in [2.24, 2.45) is 0 Å². The Labute approximate surface area is 109 Å². The van der Waals surface area contributed by atoms with Crippen molar-refractivity contribution >= 4 is 23.3 Å². The number of nitrogens with zero attached hydrogens (tertiary/aromatic N) is 3. The average Bonchev–Trinajstić information content (AvgIpc) is 2.97. The monoisotopic (exact) mass is 269 g/mol. The first-order valence-corrected chi connectivity index (χ1v) is 6.65. The van der Waals surface area contributed by atoms with Gasteiger partial charge in [0.2, 0.25) is 0 Å². The fourth-order valence-corrected chi connectivity index (χ4v) is 2.65. The maximum Gasteiger partial charge on any atom is 0.326 e. The summed E-state index contributed by atoms with van der Waals surface area (Å²) in [6.07, 6.45) is 1.28. The van der Waals surface area contributed by atoms with Gasteiger partial charge in [0.25, 0.3) is 0 Å². The van der Waals surface area contributed by atoms with Gasteiger partial charge in [0.1, 0.15) is 6.04 Å². The molecule has 1 unspecified atom stereocenters. The Morgan fingerprint density at radius 3 is 3.06 bits per heavy atom. The Hall–Kier alpha value is -1.63. The molecule has 2 heterocycles. The molecule has 0 radical (unpaired) electrons. The van der Waals surface area contributed by atoms with Crippen LogP contribution in [0.15, 0.2) is 10.9 Å². The molecule has 0 bridgehead atoms. The number of thiazole rings is 1. The minimum Gasteiger partial charge on any atom is -0.480 e. The van der Waals surface area contributed by atoms with Crippen molar-refractivity contribution < 1.29 is 14.7 Å². The standard InChI is InChI=1S/C11H15N3O3S/c1-13(5-8-6-18-7-12-8)11(17)14-4-2-3-9(14)10(15)16/h6-7,9H,2-5H2,1H3,(H,15,16). The number of likely N-dealkylation sites (tertiary alicyclic amines) is 1. The largest absolute Gasteiger partial charge is 0.480 e. The van der Waals surface area contributed by atoms with Gasteiger partial charge in [0.05, 0.1) is 17.7 Å². The van der Waals surface area contributed by atoms with Crippen molar-refractivity contribution in [1.29, 1.82) is 0 Å². The number of aliphatic carboxylic acids is 1. The first kappa shape index (κ1) is 12.8. The van der Waals surface area contributed by atoms with E-state index in [1.807, 2.05) is 5.38 Å². The van der Waals surface area contributed by atoms with E-state index in [-0.39, 0.29) is 6.03 Å². The van der Waals surface area contributed by atoms with Crippen molar-refractivity contribution in [3.63, 3.8) is 0 Å². The van der Waals surface area contributed by atoms with Crippen LogP contribution in [0.2, 0.25) is 0 Å². The number of hydrogen-bond donors (Lipinski definition) is 1. The zero-order valence-corrected chi connectivity index (χ0v) is 10.9. The van der Waals surface area contributed by atoms with Crippen LogP contribution in [-0.4, -0.2) is 51.5 Å². The van der Waals surface area contributed by atoms with Gasteiger partial charge in [-0.3, -0.25) is 0 Å². The molecule has 1 aromatic rings. The molecule has 6 nitrogen and oxygen atoms in total. The van der Waals surface area contributed by atoms with Gasteiger partial charge in [-0.05, 0) is 12.8 Å². The molecule has 0 saturated carbocycles. The lowest BCUT2D eigenvalue weighted by atomic mass is 10.2. The number of carboxylic acid groups (broad SMARTS) is 1. The Morgan fingerprint density at radius 2 is 2.44 bits per heavy atom. The van der Waals surface area contributed by atoms with Gasteiger partial charge in [0.15, 0.2) is 0 Å². The number of hydrogen-bond acceptors (Lipinski definition) is 4. The van der Waals surface area contributed by atoms with Gasteiger partial charge >= 0.3 is 12.0 Å². The van der Waals surface area contributed by atoms with Crippen LogP contribution < -0.4 is 0 Å². The topological polar surface area (TPSA) is 73.7 Å². The van der Waals surface area contributed by atoms with Crippen LogP contribution >= 0.6 is 11.3 Å². The molecular formula is C11H15N3O3S. The molecule has 1 aromatic heterocycles. The van der Waals surface area contributed by atoms with Gasteiger partial charge in [-0.1, -0.05) is 0 Å². The molecular weight excluding hydrogens is 254 g/mol. The van der Waals surface area contributed by atoms with E-state index in [2.05, 4.69) is 4.98 Å². The second-order valence-corrected chi connectivity index (χ2v) is 5.03. The van der Waals surface area contributed by atoms with Crippen molar-refractivity contribution in [3.8, 4) is 0 Å². The minimum absolute atomic E-state index is 0.243. The van der Waals surface area contributed by atoms with E-state index < -0.39 is 12.0 Å². The molecule has 98 valence electrons. The number of urea groups is 1. The normalized spacial score (nSPS) is 18.9. The fourth-order valence-electron chi connectivity index (χ4n) is 2.10. The summed E-state index contributed by atoms with van der Waals surface area (Å²) in [6, 6.07) is -0.928. The molecule has 0 aliphatic carbocycles. The number of carbonyl (C=O) groups excluding carboxylic acids is 1. The fraction of sp³-hybridized carbons (Fsp3) is 0.545. The van der Waals surface area contributed by atoms with Crippen LogP contribution in [0, 0.1) is 0 Å². The SMILES string of the molecule is CN(Cc1cscn1)C(=O)N1CCCC1C(=O)O. The summed E-state index contributed by atoms with van der Waals surface area (Å²) >= 11 is 1.47. The highest BCUT2D eigenvalue weighted by Gasteiger charge is 2.35. The third-order valence-corrected chi connectivity index (χ3v) is 3.63. The number of carbonyl (C=O) groups is 2. The molecule has 1 aliphatic heterocycles. The average molecular weight is 269 g/mol. The first-order valence-electron chi connectivity index (χ1n) is 5.71. The van der Waals surface area contributed by atoms with E-state index in [0.29, 0.717) is 19.5 Å². The molecule has 7 heteroatoms. The van der Waals surface area contributed by atoms with Gasteiger partial charge < -0.3 is 14.9 Å². The second-order valence-electron chi connectivity index (χ2n) is 4.31. The van der Waals surface area contributed by atoms with Gasteiger partial charge in [0, 0.05) is 19.0 Å². The summed E-state index contributed by atoms with van der Waals surface area (Å²) in [7, 11) is 1.67. The molecule has 0 aromatic carbocycles. The molecule has 2 amide bonds. The first-order chi connectivity index (χ1) is 8.59. The lowest BCUT2D eigenvalue weighted by molar-refractivity contribution is -0.141. The van der Waals surface area contributed by atoms with Gasteiger partial charge in [-0.25, -0.2) is 14.6 Å². The summed E-state index contributed by atoms with van der Waals surface area (Å²) in [5, 5.41) is 10.9. The molecule has 1 atom stereocenters. The van der Waals surface area contributed by atoms with Crippen LogP contribution in [0.3, 0.4) is 0 Å².